The summed E-state index contributed by atoms with van der Waals surface area (Å²) in [7, 11) is 5.29. The van der Waals surface area contributed by atoms with E-state index in [1.54, 1.807) is 19.2 Å². The number of ether oxygens (including phenoxy) is 1. The number of nitrogens with one attached hydrogen (secondary N) is 1. The topological polar surface area (TPSA) is 81.7 Å². The van der Waals surface area contributed by atoms with Crippen molar-refractivity contribution in [2.45, 2.75) is 25.3 Å². The van der Waals surface area contributed by atoms with Crippen molar-refractivity contribution in [1.82, 2.24) is 14.9 Å². The zero-order valence-electron chi connectivity index (χ0n) is 15.5. The van der Waals surface area contributed by atoms with Crippen LogP contribution in [0.4, 0.5) is 5.95 Å². The largest absolute Gasteiger partial charge is 0.504 e. The number of hydrogen-bond donors (Lipinski definition) is 2. The molecule has 7 heteroatoms. The lowest BCUT2D eigenvalue weighted by Gasteiger charge is -2.32. The molecule has 0 bridgehead atoms. The number of para-hydroxylation sites is 1. The highest BCUT2D eigenvalue weighted by atomic mass is 16.5. The summed E-state index contributed by atoms with van der Waals surface area (Å²) < 4.78 is 5.18. The van der Waals surface area contributed by atoms with Gasteiger partial charge in [-0.15, -0.1) is 0 Å². The van der Waals surface area contributed by atoms with Crippen molar-refractivity contribution >= 4 is 5.95 Å². The van der Waals surface area contributed by atoms with Crippen LogP contribution >= 0.6 is 0 Å². The Labute approximate surface area is 153 Å². The number of phenols is 1. The van der Waals surface area contributed by atoms with Crippen LogP contribution in [0.2, 0.25) is 0 Å². The van der Waals surface area contributed by atoms with E-state index < -0.39 is 0 Å². The van der Waals surface area contributed by atoms with E-state index in [1.807, 2.05) is 31.1 Å². The van der Waals surface area contributed by atoms with E-state index >= 15 is 0 Å². The normalized spacial score (nSPS) is 15.8. The molecule has 1 aromatic heterocycles. The number of nitrogens with zero attached hydrogens (tertiary/aromatic N) is 3. The van der Waals surface area contributed by atoms with Gasteiger partial charge in [-0.2, -0.15) is 0 Å². The number of aromatic hydroxyl groups is 1. The smallest absolute Gasteiger partial charge is 0.252 e. The van der Waals surface area contributed by atoms with Crippen LogP contribution in [0.3, 0.4) is 0 Å². The molecule has 1 aliphatic heterocycles. The van der Waals surface area contributed by atoms with Gasteiger partial charge in [0, 0.05) is 38.2 Å². The second-order valence-corrected chi connectivity index (χ2v) is 6.91. The van der Waals surface area contributed by atoms with E-state index in [0.29, 0.717) is 18.2 Å². The van der Waals surface area contributed by atoms with Gasteiger partial charge in [-0.3, -0.25) is 14.7 Å². The van der Waals surface area contributed by atoms with E-state index in [-0.39, 0.29) is 17.2 Å². The molecule has 26 heavy (non-hydrogen) atoms. The maximum atomic E-state index is 11.9. The number of aromatic nitrogens is 2. The zero-order valence-corrected chi connectivity index (χ0v) is 15.5. The van der Waals surface area contributed by atoms with E-state index in [1.165, 1.54) is 0 Å². The molecule has 2 aromatic rings. The van der Waals surface area contributed by atoms with E-state index in [4.69, 9.17) is 4.74 Å². The molecular formula is C19H26N4O3. The number of rotatable bonds is 5. The van der Waals surface area contributed by atoms with Crippen molar-refractivity contribution in [1.29, 1.82) is 0 Å². The number of hydrogen-bond acceptors (Lipinski definition) is 6. The molecule has 0 atom stereocenters. The van der Waals surface area contributed by atoms with Crippen LogP contribution in [0.25, 0.3) is 0 Å². The van der Waals surface area contributed by atoms with Gasteiger partial charge >= 0.3 is 0 Å². The van der Waals surface area contributed by atoms with Gasteiger partial charge in [-0.25, -0.2) is 4.98 Å². The van der Waals surface area contributed by atoms with Gasteiger partial charge in [0.05, 0.1) is 12.8 Å². The molecule has 1 fully saturated rings. The lowest BCUT2D eigenvalue weighted by molar-refractivity contribution is 0.200. The number of likely N-dealkylation sites (tertiary alicyclic amines) is 1. The van der Waals surface area contributed by atoms with Gasteiger partial charge in [0.1, 0.15) is 0 Å². The molecule has 1 aromatic carbocycles. The van der Waals surface area contributed by atoms with Crippen molar-refractivity contribution in [3.63, 3.8) is 0 Å². The third kappa shape index (κ3) is 3.99. The summed E-state index contributed by atoms with van der Waals surface area (Å²) in [6, 6.07) is 7.18. The molecule has 1 saturated heterocycles. The minimum Gasteiger partial charge on any atom is -0.504 e. The van der Waals surface area contributed by atoms with Crippen LogP contribution in [0, 0.1) is 0 Å². The Morgan fingerprint density at radius 3 is 2.73 bits per heavy atom. The van der Waals surface area contributed by atoms with Crippen molar-refractivity contribution in [2.75, 3.05) is 39.2 Å². The second-order valence-electron chi connectivity index (χ2n) is 6.91. The molecule has 0 amide bonds. The molecule has 0 saturated carbocycles. The summed E-state index contributed by atoms with van der Waals surface area (Å²) in [5.41, 5.74) is 1.62. The van der Waals surface area contributed by atoms with Gasteiger partial charge in [0.15, 0.2) is 11.5 Å². The van der Waals surface area contributed by atoms with Gasteiger partial charge in [0.25, 0.3) is 5.56 Å². The summed E-state index contributed by atoms with van der Waals surface area (Å²) in [4.78, 5) is 23.4. The van der Waals surface area contributed by atoms with Crippen LogP contribution in [-0.2, 0) is 6.54 Å². The predicted molar refractivity (Wildman–Crippen MR) is 101 cm³/mol. The Morgan fingerprint density at radius 1 is 1.35 bits per heavy atom. The number of anilines is 1. The molecule has 7 nitrogen and oxygen atoms in total. The Morgan fingerprint density at radius 2 is 2.08 bits per heavy atom. The van der Waals surface area contributed by atoms with Crippen LogP contribution in [0.5, 0.6) is 11.5 Å². The maximum Gasteiger partial charge on any atom is 0.252 e. The molecule has 1 aliphatic rings. The zero-order chi connectivity index (χ0) is 18.7. The third-order valence-electron chi connectivity index (χ3n) is 4.87. The molecule has 140 valence electrons. The fourth-order valence-corrected chi connectivity index (χ4v) is 3.37. The maximum absolute atomic E-state index is 11.9. The molecular weight excluding hydrogens is 332 g/mol. The number of benzene rings is 1. The minimum absolute atomic E-state index is 0.109. The van der Waals surface area contributed by atoms with Gasteiger partial charge in [0.2, 0.25) is 5.95 Å². The lowest BCUT2D eigenvalue weighted by Crippen LogP contribution is -2.33. The van der Waals surface area contributed by atoms with E-state index in [9.17, 15) is 9.90 Å². The highest BCUT2D eigenvalue weighted by molar-refractivity contribution is 5.45. The molecule has 0 unspecified atom stereocenters. The third-order valence-corrected chi connectivity index (χ3v) is 4.87. The summed E-state index contributed by atoms with van der Waals surface area (Å²) in [5.74, 6) is 1.59. The first kappa shape index (κ1) is 18.3. The van der Waals surface area contributed by atoms with Crippen molar-refractivity contribution < 1.29 is 9.84 Å². The highest BCUT2D eigenvalue weighted by Gasteiger charge is 2.23. The number of H-pyrrole nitrogens is 1. The first-order chi connectivity index (χ1) is 12.5. The number of phenolic OH excluding ortho intramolecular Hbond substituents is 1. The summed E-state index contributed by atoms with van der Waals surface area (Å²) >= 11 is 0. The average molecular weight is 358 g/mol. The number of aromatic amines is 1. The van der Waals surface area contributed by atoms with E-state index in [0.717, 1.165) is 37.2 Å². The SMILES string of the molecule is COc1cccc(CN2CCC(c3cc(=O)[nH]c(N(C)C)n3)CC2)c1O. The van der Waals surface area contributed by atoms with Crippen molar-refractivity contribution in [2.24, 2.45) is 0 Å². The van der Waals surface area contributed by atoms with Crippen LogP contribution in [0.15, 0.2) is 29.1 Å². The standard InChI is InChI=1S/C19H26N4O3/c1-22(2)19-20-15(11-17(24)21-19)13-7-9-23(10-8-13)12-14-5-4-6-16(26-3)18(14)25/h4-6,11,13,25H,7-10,12H2,1-3H3,(H,20,21,24). The first-order valence-electron chi connectivity index (χ1n) is 8.83. The molecule has 0 aliphatic carbocycles. The monoisotopic (exact) mass is 358 g/mol. The molecule has 2 heterocycles. The Kier molecular flexibility index (Phi) is 5.46. The summed E-state index contributed by atoms with van der Waals surface area (Å²) in [5, 5.41) is 10.3. The quantitative estimate of drug-likeness (QED) is 0.850. The molecule has 0 radical (unpaired) electrons. The Bertz CT molecular complexity index is 811. The lowest BCUT2D eigenvalue weighted by atomic mass is 9.93. The van der Waals surface area contributed by atoms with Gasteiger partial charge in [-0.05, 0) is 32.0 Å². The molecule has 2 N–H and O–H groups in total. The molecule has 0 spiro atoms. The molecule has 3 rings (SSSR count). The first-order valence-corrected chi connectivity index (χ1v) is 8.83. The van der Waals surface area contributed by atoms with Crippen LogP contribution in [0.1, 0.15) is 30.0 Å². The Balaban J connectivity index is 1.66. The number of methoxy groups -OCH3 is 1. The minimum atomic E-state index is -0.109. The van der Waals surface area contributed by atoms with Crippen molar-refractivity contribution in [3.8, 4) is 11.5 Å². The fourth-order valence-electron chi connectivity index (χ4n) is 3.37. The Hall–Kier alpha value is -2.54. The van der Waals surface area contributed by atoms with Gasteiger partial charge < -0.3 is 14.7 Å². The second kappa shape index (κ2) is 7.78. The highest BCUT2D eigenvalue weighted by Crippen LogP contribution is 2.32. The van der Waals surface area contributed by atoms with Crippen molar-refractivity contribution in [3.05, 3.63) is 45.9 Å². The summed E-state index contributed by atoms with van der Waals surface area (Å²) in [6.45, 7) is 2.47. The van der Waals surface area contributed by atoms with Crippen LogP contribution < -0.4 is 15.2 Å². The number of piperidine rings is 1. The average Bonchev–Trinajstić information content (AvgIpc) is 2.63. The fraction of sp³-hybridized carbons (Fsp3) is 0.474. The van der Waals surface area contributed by atoms with E-state index in [2.05, 4.69) is 14.9 Å². The van der Waals surface area contributed by atoms with Crippen LogP contribution in [-0.4, -0.2) is 54.3 Å². The predicted octanol–water partition coefficient (Wildman–Crippen LogP) is 1.93. The van der Waals surface area contributed by atoms with Gasteiger partial charge in [-0.1, -0.05) is 12.1 Å². The summed E-state index contributed by atoms with van der Waals surface area (Å²) in [6.07, 6.45) is 1.88.